The van der Waals surface area contributed by atoms with Crippen LogP contribution in [0.5, 0.6) is 11.5 Å². The maximum Gasteiger partial charge on any atom is 0.257 e. The molecular formula is C24H25N3O4. The number of anilines is 2. The molecular weight excluding hydrogens is 394 g/mol. The number of aromatic nitrogens is 1. The minimum absolute atomic E-state index is 0.157. The second-order valence-electron chi connectivity index (χ2n) is 6.71. The van der Waals surface area contributed by atoms with E-state index in [1.807, 2.05) is 25.1 Å². The topological polar surface area (TPSA) is 89.6 Å². The van der Waals surface area contributed by atoms with Crippen molar-refractivity contribution in [3.05, 3.63) is 78.1 Å². The van der Waals surface area contributed by atoms with Crippen molar-refractivity contribution >= 4 is 23.2 Å². The van der Waals surface area contributed by atoms with Crippen molar-refractivity contribution in [1.82, 2.24) is 4.98 Å². The number of hydrogen-bond donors (Lipinski definition) is 2. The smallest absolute Gasteiger partial charge is 0.257 e. The van der Waals surface area contributed by atoms with Crippen LogP contribution in [0.2, 0.25) is 0 Å². The molecule has 0 spiro atoms. The van der Waals surface area contributed by atoms with Gasteiger partial charge in [-0.3, -0.25) is 14.6 Å². The number of pyridine rings is 1. The molecule has 7 nitrogen and oxygen atoms in total. The van der Waals surface area contributed by atoms with E-state index in [1.165, 1.54) is 6.20 Å². The van der Waals surface area contributed by atoms with Crippen LogP contribution < -0.4 is 20.1 Å². The lowest BCUT2D eigenvalue weighted by Gasteiger charge is -2.13. The highest BCUT2D eigenvalue weighted by Crippen LogP contribution is 2.28. The van der Waals surface area contributed by atoms with Gasteiger partial charge >= 0.3 is 0 Å². The zero-order chi connectivity index (χ0) is 22.1. The molecule has 0 aliphatic heterocycles. The molecule has 2 aromatic carbocycles. The Kier molecular flexibility index (Phi) is 7.59. The third kappa shape index (κ3) is 6.05. The number of aryl methyl sites for hydroxylation is 1. The van der Waals surface area contributed by atoms with Crippen molar-refractivity contribution in [1.29, 1.82) is 0 Å². The first kappa shape index (κ1) is 21.8. The first-order chi connectivity index (χ1) is 15.1. The standard InChI is InChI=1S/C24H25N3O4/c1-3-31-21-12-10-17(15-22(21)30-2)11-13-23(28)26-19-8-4-5-9-20(19)27-24(29)18-7-6-14-25-16-18/h4-10,12,14-16H,3,11,13H2,1-2H3,(H,26,28)(H,27,29). The molecule has 0 bridgehead atoms. The molecule has 0 fully saturated rings. The molecule has 0 atom stereocenters. The molecule has 2 N–H and O–H groups in total. The number of carbonyl (C=O) groups is 2. The van der Waals surface area contributed by atoms with Crippen LogP contribution in [-0.4, -0.2) is 30.5 Å². The minimum Gasteiger partial charge on any atom is -0.493 e. The number of methoxy groups -OCH3 is 1. The Hall–Kier alpha value is -3.87. The predicted octanol–water partition coefficient (Wildman–Crippen LogP) is 4.31. The van der Waals surface area contributed by atoms with Gasteiger partial charge in [0.05, 0.1) is 30.7 Å². The fraction of sp³-hybridized carbons (Fsp3) is 0.208. The highest BCUT2D eigenvalue weighted by atomic mass is 16.5. The summed E-state index contributed by atoms with van der Waals surface area (Å²) in [6, 6.07) is 16.1. The van der Waals surface area contributed by atoms with Crippen molar-refractivity contribution in [2.75, 3.05) is 24.4 Å². The number of nitrogens with zero attached hydrogens (tertiary/aromatic N) is 1. The summed E-state index contributed by atoms with van der Waals surface area (Å²) in [6.45, 7) is 2.46. The zero-order valence-corrected chi connectivity index (χ0v) is 17.6. The second-order valence-corrected chi connectivity index (χ2v) is 6.71. The number of carbonyl (C=O) groups excluding carboxylic acids is 2. The zero-order valence-electron chi connectivity index (χ0n) is 17.6. The van der Waals surface area contributed by atoms with Crippen molar-refractivity contribution in [2.45, 2.75) is 19.8 Å². The van der Waals surface area contributed by atoms with Gasteiger partial charge in [0, 0.05) is 18.8 Å². The summed E-state index contributed by atoms with van der Waals surface area (Å²) in [5, 5.41) is 5.69. The number of rotatable bonds is 9. The van der Waals surface area contributed by atoms with E-state index in [0.717, 1.165) is 5.56 Å². The van der Waals surface area contributed by atoms with Crippen LogP contribution in [0.15, 0.2) is 67.0 Å². The lowest BCUT2D eigenvalue weighted by atomic mass is 10.1. The molecule has 160 valence electrons. The predicted molar refractivity (Wildman–Crippen MR) is 120 cm³/mol. The van der Waals surface area contributed by atoms with Gasteiger partial charge in [-0.1, -0.05) is 18.2 Å². The van der Waals surface area contributed by atoms with Gasteiger partial charge in [0.2, 0.25) is 5.91 Å². The van der Waals surface area contributed by atoms with E-state index < -0.39 is 0 Å². The van der Waals surface area contributed by atoms with E-state index in [4.69, 9.17) is 9.47 Å². The summed E-state index contributed by atoms with van der Waals surface area (Å²) in [5.74, 6) is 0.868. The van der Waals surface area contributed by atoms with Gasteiger partial charge < -0.3 is 20.1 Å². The first-order valence-electron chi connectivity index (χ1n) is 10.0. The Balaban J connectivity index is 1.62. The third-order valence-electron chi connectivity index (χ3n) is 4.54. The maximum absolute atomic E-state index is 12.5. The van der Waals surface area contributed by atoms with Crippen LogP contribution >= 0.6 is 0 Å². The molecule has 0 saturated carbocycles. The Morgan fingerprint density at radius 3 is 2.42 bits per heavy atom. The molecule has 7 heteroatoms. The Morgan fingerprint density at radius 1 is 0.968 bits per heavy atom. The molecule has 2 amide bonds. The first-order valence-corrected chi connectivity index (χ1v) is 10.0. The van der Waals surface area contributed by atoms with Crippen molar-refractivity contribution in [3.8, 4) is 11.5 Å². The fourth-order valence-corrected chi connectivity index (χ4v) is 3.01. The van der Waals surface area contributed by atoms with E-state index >= 15 is 0 Å². The number of para-hydroxylation sites is 2. The van der Waals surface area contributed by atoms with E-state index in [1.54, 1.807) is 49.7 Å². The number of ether oxygens (including phenoxy) is 2. The SMILES string of the molecule is CCOc1ccc(CCC(=O)Nc2ccccc2NC(=O)c2cccnc2)cc1OC. The molecule has 0 aliphatic rings. The van der Waals surface area contributed by atoms with Gasteiger partial charge in [0.15, 0.2) is 11.5 Å². The second kappa shape index (κ2) is 10.8. The summed E-state index contributed by atoms with van der Waals surface area (Å²) >= 11 is 0. The van der Waals surface area contributed by atoms with E-state index in [-0.39, 0.29) is 18.2 Å². The van der Waals surface area contributed by atoms with Crippen LogP contribution in [-0.2, 0) is 11.2 Å². The van der Waals surface area contributed by atoms with Gasteiger partial charge in [-0.05, 0) is 55.3 Å². The minimum atomic E-state index is -0.295. The van der Waals surface area contributed by atoms with Gasteiger partial charge in [-0.15, -0.1) is 0 Å². The number of amides is 2. The van der Waals surface area contributed by atoms with E-state index in [9.17, 15) is 9.59 Å². The van der Waals surface area contributed by atoms with Crippen molar-refractivity contribution in [3.63, 3.8) is 0 Å². The molecule has 1 aromatic heterocycles. The summed E-state index contributed by atoms with van der Waals surface area (Å²) in [6.07, 6.45) is 3.91. The molecule has 0 aliphatic carbocycles. The lowest BCUT2D eigenvalue weighted by molar-refractivity contribution is -0.116. The van der Waals surface area contributed by atoms with E-state index in [2.05, 4.69) is 15.6 Å². The Bertz CT molecular complexity index is 1040. The number of nitrogens with one attached hydrogen (secondary N) is 2. The van der Waals surface area contributed by atoms with Crippen LogP contribution in [0, 0.1) is 0 Å². The highest BCUT2D eigenvalue weighted by molar-refractivity contribution is 6.07. The molecule has 0 radical (unpaired) electrons. The van der Waals surface area contributed by atoms with Crippen molar-refractivity contribution < 1.29 is 19.1 Å². The molecule has 31 heavy (non-hydrogen) atoms. The van der Waals surface area contributed by atoms with Crippen LogP contribution in [0.3, 0.4) is 0 Å². The average molecular weight is 419 g/mol. The fourth-order valence-electron chi connectivity index (χ4n) is 3.01. The van der Waals surface area contributed by atoms with Gasteiger partial charge in [0.25, 0.3) is 5.91 Å². The molecule has 1 heterocycles. The van der Waals surface area contributed by atoms with Crippen molar-refractivity contribution in [2.24, 2.45) is 0 Å². The van der Waals surface area contributed by atoms with Crippen LogP contribution in [0.1, 0.15) is 29.3 Å². The maximum atomic E-state index is 12.5. The highest BCUT2D eigenvalue weighted by Gasteiger charge is 2.12. The summed E-state index contributed by atoms with van der Waals surface area (Å²) < 4.78 is 10.9. The Labute approximate surface area is 181 Å². The quantitative estimate of drug-likeness (QED) is 0.539. The molecule has 0 saturated heterocycles. The summed E-state index contributed by atoms with van der Waals surface area (Å²) in [4.78, 5) is 28.9. The summed E-state index contributed by atoms with van der Waals surface area (Å²) in [5.41, 5.74) is 2.46. The average Bonchev–Trinajstić information content (AvgIpc) is 2.80. The molecule has 3 rings (SSSR count). The van der Waals surface area contributed by atoms with Crippen LogP contribution in [0.25, 0.3) is 0 Å². The molecule has 0 unspecified atom stereocenters. The van der Waals surface area contributed by atoms with Gasteiger partial charge in [0.1, 0.15) is 0 Å². The summed E-state index contributed by atoms with van der Waals surface area (Å²) in [7, 11) is 1.59. The Morgan fingerprint density at radius 2 is 1.74 bits per heavy atom. The van der Waals surface area contributed by atoms with Gasteiger partial charge in [-0.25, -0.2) is 0 Å². The van der Waals surface area contributed by atoms with Gasteiger partial charge in [-0.2, -0.15) is 0 Å². The third-order valence-corrected chi connectivity index (χ3v) is 4.54. The number of hydrogen-bond acceptors (Lipinski definition) is 5. The normalized spacial score (nSPS) is 10.3. The number of benzene rings is 2. The van der Waals surface area contributed by atoms with Crippen LogP contribution in [0.4, 0.5) is 11.4 Å². The lowest BCUT2D eigenvalue weighted by Crippen LogP contribution is -2.17. The molecule has 3 aromatic rings. The van der Waals surface area contributed by atoms with E-state index in [0.29, 0.717) is 41.5 Å². The monoisotopic (exact) mass is 419 g/mol. The largest absolute Gasteiger partial charge is 0.493 e.